The molecule has 0 spiro atoms. The largest absolute Gasteiger partial charge is 0.338 e. The topological polar surface area (TPSA) is 60.0 Å². The highest BCUT2D eigenvalue weighted by atomic mass is 32.1. The van der Waals surface area contributed by atoms with Gasteiger partial charge >= 0.3 is 0 Å². The summed E-state index contributed by atoms with van der Waals surface area (Å²) in [7, 11) is 2.04. The summed E-state index contributed by atoms with van der Waals surface area (Å²) in [5.41, 5.74) is 2.25. The van der Waals surface area contributed by atoms with Crippen molar-refractivity contribution >= 4 is 11.3 Å². The Balaban J connectivity index is 1.42. The van der Waals surface area contributed by atoms with Crippen molar-refractivity contribution in [3.8, 4) is 16.4 Å². The van der Waals surface area contributed by atoms with E-state index in [9.17, 15) is 0 Å². The number of nitrogens with zero attached hydrogens (tertiary/aromatic N) is 5. The van der Waals surface area contributed by atoms with E-state index in [0.717, 1.165) is 17.1 Å². The van der Waals surface area contributed by atoms with E-state index in [2.05, 4.69) is 32.3 Å². The van der Waals surface area contributed by atoms with Gasteiger partial charge in [0.05, 0.1) is 17.1 Å². The van der Waals surface area contributed by atoms with E-state index < -0.39 is 0 Å². The second-order valence-electron chi connectivity index (χ2n) is 5.78. The fraction of sp³-hybridized carbons (Fsp3) is 0.167. The minimum Gasteiger partial charge on any atom is -0.338 e. The Hall–Kier alpha value is -2.77. The number of rotatable bonds is 6. The summed E-state index contributed by atoms with van der Waals surface area (Å²) < 4.78 is 7.23. The molecule has 0 N–H and O–H groups in total. The quantitative estimate of drug-likeness (QED) is 0.531. The molecule has 0 aliphatic carbocycles. The zero-order valence-electron chi connectivity index (χ0n) is 13.7. The van der Waals surface area contributed by atoms with Crippen molar-refractivity contribution in [3.63, 3.8) is 0 Å². The van der Waals surface area contributed by atoms with Crippen molar-refractivity contribution in [3.05, 3.63) is 71.7 Å². The predicted octanol–water partition coefficient (Wildman–Crippen LogP) is 3.62. The average molecular weight is 351 g/mol. The third kappa shape index (κ3) is 3.67. The number of thiophene rings is 1. The van der Waals surface area contributed by atoms with Crippen LogP contribution in [0.2, 0.25) is 0 Å². The van der Waals surface area contributed by atoms with Crippen molar-refractivity contribution in [2.24, 2.45) is 0 Å². The molecule has 3 heterocycles. The van der Waals surface area contributed by atoms with Crippen LogP contribution in [0.1, 0.15) is 11.5 Å². The molecule has 3 aromatic heterocycles. The first-order valence-corrected chi connectivity index (χ1v) is 8.80. The van der Waals surface area contributed by atoms with Gasteiger partial charge in [0.15, 0.2) is 0 Å². The molecule has 0 radical (unpaired) electrons. The molecule has 6 nitrogen and oxygen atoms in total. The van der Waals surface area contributed by atoms with Crippen LogP contribution in [0.4, 0.5) is 0 Å². The molecule has 0 bridgehead atoms. The maximum Gasteiger partial charge on any atom is 0.241 e. The molecule has 1 aromatic carbocycles. The highest BCUT2D eigenvalue weighted by Crippen LogP contribution is 2.21. The second kappa shape index (κ2) is 7.00. The Kier molecular flexibility index (Phi) is 4.41. The van der Waals surface area contributed by atoms with Crippen LogP contribution >= 0.6 is 11.3 Å². The molecule has 0 unspecified atom stereocenters. The third-order valence-electron chi connectivity index (χ3n) is 3.75. The molecule has 0 amide bonds. The van der Waals surface area contributed by atoms with Gasteiger partial charge in [0.25, 0.3) is 0 Å². The van der Waals surface area contributed by atoms with Crippen molar-refractivity contribution < 1.29 is 4.52 Å². The second-order valence-corrected chi connectivity index (χ2v) is 6.73. The van der Waals surface area contributed by atoms with Crippen LogP contribution in [0, 0.1) is 0 Å². The van der Waals surface area contributed by atoms with Crippen molar-refractivity contribution in [2.75, 3.05) is 7.05 Å². The van der Waals surface area contributed by atoms with Crippen LogP contribution in [0.15, 0.2) is 64.8 Å². The minimum absolute atomic E-state index is 0.602. The van der Waals surface area contributed by atoms with Gasteiger partial charge < -0.3 is 4.52 Å². The molecular formula is C18H17N5OS. The highest BCUT2D eigenvalue weighted by molar-refractivity contribution is 7.13. The van der Waals surface area contributed by atoms with Gasteiger partial charge in [-0.05, 0) is 42.3 Å². The zero-order chi connectivity index (χ0) is 17.1. The van der Waals surface area contributed by atoms with Gasteiger partial charge in [0.1, 0.15) is 0 Å². The molecule has 0 saturated heterocycles. The van der Waals surface area contributed by atoms with E-state index in [-0.39, 0.29) is 0 Å². The predicted molar refractivity (Wildman–Crippen MR) is 96.3 cm³/mol. The molecule has 0 fully saturated rings. The Labute approximate surface area is 149 Å². The minimum atomic E-state index is 0.602. The van der Waals surface area contributed by atoms with Gasteiger partial charge in [-0.2, -0.15) is 10.1 Å². The average Bonchev–Trinajstić information content (AvgIpc) is 3.37. The van der Waals surface area contributed by atoms with E-state index in [1.165, 1.54) is 5.56 Å². The van der Waals surface area contributed by atoms with E-state index in [1.807, 2.05) is 53.6 Å². The van der Waals surface area contributed by atoms with Gasteiger partial charge in [0, 0.05) is 18.9 Å². The summed E-state index contributed by atoms with van der Waals surface area (Å²) in [4.78, 5) is 7.63. The van der Waals surface area contributed by atoms with Crippen LogP contribution in [0.5, 0.6) is 0 Å². The van der Waals surface area contributed by atoms with Crippen LogP contribution in [-0.2, 0) is 13.1 Å². The van der Waals surface area contributed by atoms with E-state index in [4.69, 9.17) is 4.52 Å². The summed E-state index contributed by atoms with van der Waals surface area (Å²) in [6, 6.07) is 14.2. The molecule has 0 aliphatic rings. The lowest BCUT2D eigenvalue weighted by molar-refractivity contribution is 0.261. The molecule has 7 heteroatoms. The molecule has 0 saturated carbocycles. The highest BCUT2D eigenvalue weighted by Gasteiger charge is 2.12. The van der Waals surface area contributed by atoms with Crippen molar-refractivity contribution in [1.29, 1.82) is 0 Å². The van der Waals surface area contributed by atoms with E-state index in [0.29, 0.717) is 18.3 Å². The summed E-state index contributed by atoms with van der Waals surface area (Å²) in [5, 5.41) is 10.3. The van der Waals surface area contributed by atoms with Crippen LogP contribution in [-0.4, -0.2) is 31.9 Å². The molecule has 25 heavy (non-hydrogen) atoms. The lowest BCUT2D eigenvalue weighted by Gasteiger charge is -2.14. The first kappa shape index (κ1) is 15.7. The molecule has 0 aliphatic heterocycles. The lowest BCUT2D eigenvalue weighted by atomic mass is 10.2. The number of benzene rings is 1. The lowest BCUT2D eigenvalue weighted by Crippen LogP contribution is -2.17. The van der Waals surface area contributed by atoms with Crippen molar-refractivity contribution in [2.45, 2.75) is 13.1 Å². The third-order valence-corrected chi connectivity index (χ3v) is 4.61. The van der Waals surface area contributed by atoms with Crippen LogP contribution < -0.4 is 0 Å². The summed E-state index contributed by atoms with van der Waals surface area (Å²) in [6.07, 6.45) is 3.72. The molecule has 4 aromatic rings. The maximum atomic E-state index is 5.37. The Morgan fingerprint density at radius 1 is 1.16 bits per heavy atom. The monoisotopic (exact) mass is 351 g/mol. The number of hydrogen-bond acceptors (Lipinski definition) is 6. The van der Waals surface area contributed by atoms with Gasteiger partial charge in [-0.25, -0.2) is 4.68 Å². The van der Waals surface area contributed by atoms with Gasteiger partial charge in [0.2, 0.25) is 11.7 Å². The maximum absolute atomic E-state index is 5.37. The molecule has 0 atom stereocenters. The number of aromatic nitrogens is 4. The van der Waals surface area contributed by atoms with Gasteiger partial charge in [-0.3, -0.25) is 4.90 Å². The Morgan fingerprint density at radius 3 is 2.92 bits per heavy atom. The fourth-order valence-electron chi connectivity index (χ4n) is 2.64. The molecular weight excluding hydrogens is 334 g/mol. The van der Waals surface area contributed by atoms with Gasteiger partial charge in [-0.1, -0.05) is 23.4 Å². The smallest absolute Gasteiger partial charge is 0.241 e. The Morgan fingerprint density at radius 2 is 2.12 bits per heavy atom. The summed E-state index contributed by atoms with van der Waals surface area (Å²) >= 11 is 1.60. The first-order chi connectivity index (χ1) is 12.3. The van der Waals surface area contributed by atoms with Crippen molar-refractivity contribution in [1.82, 2.24) is 24.8 Å². The Bertz CT molecular complexity index is 930. The normalized spacial score (nSPS) is 11.3. The standard InChI is InChI=1S/C18H17N5OS/c1-22(13-17-20-18(21-24-17)16-7-3-10-25-16)12-14-5-2-6-15(11-14)23-9-4-8-19-23/h2-11H,12-13H2,1H3. The first-order valence-electron chi connectivity index (χ1n) is 7.92. The SMILES string of the molecule is CN(Cc1cccc(-n2cccn2)c1)Cc1nc(-c2cccs2)no1. The molecule has 126 valence electrons. The summed E-state index contributed by atoms with van der Waals surface area (Å²) in [5.74, 6) is 1.27. The fourth-order valence-corrected chi connectivity index (χ4v) is 3.29. The van der Waals surface area contributed by atoms with E-state index in [1.54, 1.807) is 17.5 Å². The van der Waals surface area contributed by atoms with Crippen LogP contribution in [0.3, 0.4) is 0 Å². The van der Waals surface area contributed by atoms with E-state index >= 15 is 0 Å². The zero-order valence-corrected chi connectivity index (χ0v) is 14.6. The number of hydrogen-bond donors (Lipinski definition) is 0. The molecule has 4 rings (SSSR count). The van der Waals surface area contributed by atoms with Crippen LogP contribution in [0.25, 0.3) is 16.4 Å². The summed E-state index contributed by atoms with van der Waals surface area (Å²) in [6.45, 7) is 1.39. The van der Waals surface area contributed by atoms with Gasteiger partial charge in [-0.15, -0.1) is 11.3 Å².